The van der Waals surface area contributed by atoms with Crippen molar-refractivity contribution in [2.45, 2.75) is 101 Å². The molecule has 0 aromatic heterocycles. The Hall–Kier alpha value is -7.06. The van der Waals surface area contributed by atoms with Crippen molar-refractivity contribution < 1.29 is 83.1 Å². The van der Waals surface area contributed by atoms with Crippen molar-refractivity contribution in [1.29, 1.82) is 0 Å². The van der Waals surface area contributed by atoms with Gasteiger partial charge < -0.3 is 63.2 Å². The van der Waals surface area contributed by atoms with E-state index in [1.54, 1.807) is 60.7 Å². The molecule has 394 valence electrons. The van der Waals surface area contributed by atoms with E-state index in [2.05, 4.69) is 21.3 Å². The van der Waals surface area contributed by atoms with E-state index in [1.807, 2.05) is 17.6 Å². The maximum atomic E-state index is 14.1. The fraction of sp³-hybridized carbons (Fsp3) is 0.478. The van der Waals surface area contributed by atoms with Gasteiger partial charge in [0.15, 0.2) is 11.6 Å². The first kappa shape index (κ1) is 61.1. The molecule has 0 aliphatic rings. The van der Waals surface area contributed by atoms with Gasteiger partial charge in [-0.05, 0) is 36.8 Å². The summed E-state index contributed by atoms with van der Waals surface area (Å²) in [7, 11) is 2.61. The molecule has 0 spiro atoms. The number of aliphatic carboxylic acids is 5. The summed E-state index contributed by atoms with van der Waals surface area (Å²) in [5.74, 6) is -13.2. The Balaban J connectivity index is 2.13. The number of nitrogens with two attached hydrogens (primary N) is 1. The molecular weight excluding hydrogens is 987 g/mol. The number of carbonyl (C=O) groups is 12. The molecule has 72 heavy (non-hydrogen) atoms. The zero-order chi connectivity index (χ0) is 53.8. The molecule has 24 nitrogen and oxygen atoms in total. The van der Waals surface area contributed by atoms with Crippen LogP contribution in [0.1, 0.15) is 69.4 Å². The summed E-state index contributed by atoms with van der Waals surface area (Å²) < 4.78 is 0. The van der Waals surface area contributed by atoms with Crippen LogP contribution in [0.3, 0.4) is 0 Å². The van der Waals surface area contributed by atoms with Crippen molar-refractivity contribution in [2.24, 2.45) is 17.6 Å². The van der Waals surface area contributed by atoms with Gasteiger partial charge in [0.2, 0.25) is 23.6 Å². The summed E-state index contributed by atoms with van der Waals surface area (Å²) in [6, 6.07) is 8.34. The molecule has 0 bridgehead atoms. The molecule has 0 radical (unpaired) electrons. The number of rotatable bonds is 36. The zero-order valence-electron chi connectivity index (χ0n) is 39.2. The molecule has 13 N–H and O–H groups in total. The van der Waals surface area contributed by atoms with Crippen molar-refractivity contribution in [1.82, 2.24) is 31.9 Å². The van der Waals surface area contributed by atoms with Gasteiger partial charge in [-0.15, -0.1) is 0 Å². The summed E-state index contributed by atoms with van der Waals surface area (Å²) >= 11 is 0. The van der Waals surface area contributed by atoms with Crippen LogP contribution < -0.4 is 37.6 Å². The lowest BCUT2D eigenvalue weighted by Gasteiger charge is -2.23. The van der Waals surface area contributed by atoms with Crippen molar-refractivity contribution in [2.75, 3.05) is 24.6 Å². The molecule has 0 saturated heterocycles. The van der Waals surface area contributed by atoms with Gasteiger partial charge in [-0.1, -0.05) is 89.2 Å². The first-order valence-corrected chi connectivity index (χ1v) is 25.0. The molecule has 0 saturated carbocycles. The van der Waals surface area contributed by atoms with Crippen LogP contribution in [-0.4, -0.2) is 151 Å². The SMILES string of the molecule is CCSSC[C@H](CC(=O)[C@H](CC(=O)O)NC(=O)[C@@H](N)CNC(=O)[C@@H](CC(=O)[C@H](Cc1ccccc1)NC(=O)CCNC(=O)CC[C@H](NC(=O)N[C@@H](CCC(=O)O)C(=O)O)C(=O)O)Cc1ccccc1)C(=O)O. The Morgan fingerprint density at radius 1 is 0.528 bits per heavy atom. The second-order valence-electron chi connectivity index (χ2n) is 16.2. The summed E-state index contributed by atoms with van der Waals surface area (Å²) in [6.45, 7) is 1.06. The van der Waals surface area contributed by atoms with Gasteiger partial charge in [0.25, 0.3) is 0 Å². The molecule has 2 aromatic rings. The highest BCUT2D eigenvalue weighted by Gasteiger charge is 2.33. The average Bonchev–Trinajstić information content (AvgIpc) is 3.32. The summed E-state index contributed by atoms with van der Waals surface area (Å²) in [5, 5.41) is 60.6. The zero-order valence-corrected chi connectivity index (χ0v) is 40.9. The van der Waals surface area contributed by atoms with E-state index in [0.717, 1.165) is 0 Å². The minimum absolute atomic E-state index is 0.00754. The van der Waals surface area contributed by atoms with Gasteiger partial charge in [0, 0.05) is 62.6 Å². The highest BCUT2D eigenvalue weighted by atomic mass is 33.1. The van der Waals surface area contributed by atoms with Gasteiger partial charge in [-0.3, -0.25) is 43.2 Å². The number of hydrogen-bond acceptors (Lipinski definition) is 15. The topological polar surface area (TPSA) is 404 Å². The lowest BCUT2D eigenvalue weighted by Crippen LogP contribution is -2.53. The van der Waals surface area contributed by atoms with E-state index in [9.17, 15) is 78.0 Å². The molecule has 2 aromatic carbocycles. The first-order chi connectivity index (χ1) is 34.1. The van der Waals surface area contributed by atoms with Crippen LogP contribution in [0.15, 0.2) is 60.7 Å². The number of Topliss-reactive ketones (excluding diaryl/α,β-unsaturated/α-hetero) is 2. The molecule has 0 aliphatic carbocycles. The molecule has 2 rings (SSSR count). The highest BCUT2D eigenvalue weighted by Crippen LogP contribution is 2.25. The fourth-order valence-corrected chi connectivity index (χ4v) is 8.65. The van der Waals surface area contributed by atoms with E-state index < -0.39 is 165 Å². The van der Waals surface area contributed by atoms with E-state index in [1.165, 1.54) is 21.6 Å². The maximum absolute atomic E-state index is 14.1. The molecule has 26 heteroatoms. The molecule has 7 atom stereocenters. The van der Waals surface area contributed by atoms with Crippen LogP contribution in [-0.2, 0) is 65.6 Å². The Morgan fingerprint density at radius 2 is 1.07 bits per heavy atom. The molecule has 0 fully saturated rings. The Morgan fingerprint density at radius 3 is 1.60 bits per heavy atom. The largest absolute Gasteiger partial charge is 0.481 e. The number of hydrogen-bond donors (Lipinski definition) is 12. The average molecular weight is 1050 g/mol. The third kappa shape index (κ3) is 24.7. The standard InChI is InChI=1S/C46H61N7O17S2/c1-2-71-72-25-29(43(64)65)22-36(55)34(23-40(60)61)51-42(63)30(47)24-49-41(62)28(19-26-9-5-3-6-10-26)21-35(54)33(20-27-11-7-4-8-12-27)50-38(57)17-18-48-37(56)15-13-31(44(66)67)52-46(70)53-32(45(68)69)14-16-39(58)59/h3-12,28-34H,2,13-25,47H2,1H3,(H,48,56)(H,49,62)(H,50,57)(H,51,63)(H,58,59)(H,60,61)(H,64,65)(H,66,67)(H,68,69)(H2,52,53,70)/t28-,29+,30+,31+,32+,33+,34+/m1/s1. The van der Waals surface area contributed by atoms with Crippen LogP contribution in [0, 0.1) is 11.8 Å². The van der Waals surface area contributed by atoms with E-state index >= 15 is 0 Å². The van der Waals surface area contributed by atoms with Crippen LogP contribution in [0.25, 0.3) is 0 Å². The van der Waals surface area contributed by atoms with Crippen LogP contribution >= 0.6 is 21.6 Å². The molecule has 0 aliphatic heterocycles. The van der Waals surface area contributed by atoms with Crippen LogP contribution in [0.2, 0.25) is 0 Å². The van der Waals surface area contributed by atoms with Gasteiger partial charge >= 0.3 is 35.9 Å². The number of carbonyl (C=O) groups excluding carboxylic acids is 7. The minimum Gasteiger partial charge on any atom is -0.481 e. The van der Waals surface area contributed by atoms with Crippen LogP contribution in [0.4, 0.5) is 4.79 Å². The maximum Gasteiger partial charge on any atom is 0.326 e. The Kier molecular flexibility index (Phi) is 27.8. The van der Waals surface area contributed by atoms with Crippen molar-refractivity contribution >= 4 is 92.7 Å². The van der Waals surface area contributed by atoms with Gasteiger partial charge in [-0.2, -0.15) is 0 Å². The number of carboxylic acid groups (broad SMARTS) is 5. The Bertz CT molecular complexity index is 2210. The number of amides is 6. The molecule has 0 unspecified atom stereocenters. The number of ketones is 2. The smallest absolute Gasteiger partial charge is 0.326 e. The third-order valence-electron chi connectivity index (χ3n) is 10.5. The van der Waals surface area contributed by atoms with Crippen molar-refractivity contribution in [3.8, 4) is 0 Å². The second kappa shape index (κ2) is 32.8. The number of urea groups is 1. The van der Waals surface area contributed by atoms with E-state index in [4.69, 9.17) is 10.8 Å². The third-order valence-corrected chi connectivity index (χ3v) is 13.1. The lowest BCUT2D eigenvalue weighted by molar-refractivity contribution is -0.144. The van der Waals surface area contributed by atoms with Gasteiger partial charge in [0.1, 0.15) is 18.1 Å². The minimum atomic E-state index is -1.66. The first-order valence-electron chi connectivity index (χ1n) is 22.6. The predicted molar refractivity (Wildman–Crippen MR) is 260 cm³/mol. The summed E-state index contributed by atoms with van der Waals surface area (Å²) in [6.07, 6.45) is -4.19. The number of benzene rings is 2. The van der Waals surface area contributed by atoms with Crippen molar-refractivity contribution in [3.05, 3.63) is 71.8 Å². The lowest BCUT2D eigenvalue weighted by atomic mass is 9.89. The monoisotopic (exact) mass is 1050 g/mol. The highest BCUT2D eigenvalue weighted by molar-refractivity contribution is 8.76. The quantitative estimate of drug-likeness (QED) is 0.0324. The number of carboxylic acids is 5. The summed E-state index contributed by atoms with van der Waals surface area (Å²) in [5.41, 5.74) is 7.38. The van der Waals surface area contributed by atoms with Crippen molar-refractivity contribution in [3.63, 3.8) is 0 Å². The Labute approximate surface area is 421 Å². The second-order valence-corrected chi connectivity index (χ2v) is 19.0. The molecule has 6 amide bonds. The normalized spacial score (nSPS) is 13.8. The predicted octanol–water partition coefficient (Wildman–Crippen LogP) is 0.353. The fourth-order valence-electron chi connectivity index (χ4n) is 6.69. The van der Waals surface area contributed by atoms with E-state index in [-0.39, 0.29) is 31.6 Å². The summed E-state index contributed by atoms with van der Waals surface area (Å²) in [4.78, 5) is 150. The molecule has 0 heterocycles. The molecular formula is C46H61N7O17S2. The van der Waals surface area contributed by atoms with Gasteiger partial charge in [0.05, 0.1) is 24.4 Å². The van der Waals surface area contributed by atoms with Gasteiger partial charge in [-0.25, -0.2) is 14.4 Å². The van der Waals surface area contributed by atoms with Crippen LogP contribution in [0.5, 0.6) is 0 Å². The number of nitrogens with one attached hydrogen (secondary N) is 6. The van der Waals surface area contributed by atoms with E-state index in [0.29, 0.717) is 16.9 Å².